The molecule has 0 bridgehead atoms. The standard InChI is InChI=1S/C2H6NO5P.3Li/c4-2(5)1-3-9(6,7)8;;;/h1H2,(H,4,5)(H3,3,6,7,8);;;/q;3*+1/p-3. The molecule has 0 heterocycles. The van der Waals surface area contributed by atoms with Gasteiger partial charge >= 0.3 is 56.6 Å². The predicted molar refractivity (Wildman–Crippen MR) is 20.6 cm³/mol. The number of nitrogens with one attached hydrogen (secondary N) is 1. The van der Waals surface area contributed by atoms with E-state index < -0.39 is 20.3 Å². The van der Waals surface area contributed by atoms with E-state index in [1.807, 2.05) is 0 Å². The van der Waals surface area contributed by atoms with Crippen molar-refractivity contribution < 1.29 is 80.8 Å². The molecule has 0 aromatic carbocycles. The molecule has 0 aromatic heterocycles. The van der Waals surface area contributed by atoms with Crippen LogP contribution in [0.5, 0.6) is 0 Å². The molecule has 54 valence electrons. The molecule has 6 nitrogen and oxygen atoms in total. The largest absolute Gasteiger partial charge is 1.00 e. The average Bonchev–Trinajstić information content (AvgIpc) is 1.59. The predicted octanol–water partition coefficient (Wildman–Crippen LogP) is -12.8. The number of carbonyl (C=O) groups excluding carboxylic acids is 1. The summed E-state index contributed by atoms with van der Waals surface area (Å²) in [5.74, 6) is -1.64. The van der Waals surface area contributed by atoms with Gasteiger partial charge in [0.2, 0.25) is 0 Å². The van der Waals surface area contributed by atoms with Crippen molar-refractivity contribution in [2.24, 2.45) is 0 Å². The molecule has 0 spiro atoms. The molecule has 0 rings (SSSR count). The van der Waals surface area contributed by atoms with Gasteiger partial charge in [0.25, 0.3) is 0 Å². The van der Waals surface area contributed by atoms with Crippen LogP contribution in [-0.2, 0) is 9.36 Å². The summed E-state index contributed by atoms with van der Waals surface area (Å²) >= 11 is 0. The van der Waals surface area contributed by atoms with Gasteiger partial charge in [-0.05, 0) is 7.75 Å². The molecule has 12 heavy (non-hydrogen) atoms. The fraction of sp³-hybridized carbons (Fsp3) is 0.500. The summed E-state index contributed by atoms with van der Waals surface area (Å²) in [6.45, 7) is -0.968. The molecular formula is C2H3Li3NO5P. The third-order valence-electron chi connectivity index (χ3n) is 0.417. The first kappa shape index (κ1) is 23.3. The summed E-state index contributed by atoms with van der Waals surface area (Å²) in [7, 11) is -4.89. The minimum Gasteiger partial charge on any atom is -0.799 e. The van der Waals surface area contributed by atoms with Crippen molar-refractivity contribution in [2.75, 3.05) is 6.54 Å². The van der Waals surface area contributed by atoms with Crippen LogP contribution in [0.3, 0.4) is 0 Å². The fourth-order valence-electron chi connectivity index (χ4n) is 0.161. The molecule has 1 N–H and O–H groups in total. The van der Waals surface area contributed by atoms with Gasteiger partial charge in [-0.1, -0.05) is 0 Å². The number of aliphatic carboxylic acids is 1. The van der Waals surface area contributed by atoms with Crippen LogP contribution in [0.1, 0.15) is 0 Å². The first-order valence-electron chi connectivity index (χ1n) is 1.89. The topological polar surface area (TPSA) is 115 Å². The minimum absolute atomic E-state index is 0. The summed E-state index contributed by atoms with van der Waals surface area (Å²) in [6, 6.07) is 0. The first-order valence-corrected chi connectivity index (χ1v) is 3.43. The summed E-state index contributed by atoms with van der Waals surface area (Å²) in [5.41, 5.74) is 0. The third-order valence-corrected chi connectivity index (χ3v) is 0.962. The maximum absolute atomic E-state index is 9.61. The van der Waals surface area contributed by atoms with Crippen LogP contribution in [0.4, 0.5) is 0 Å². The summed E-state index contributed by atoms with van der Waals surface area (Å²) in [5, 5.41) is 10.7. The number of rotatable bonds is 3. The van der Waals surface area contributed by atoms with Crippen LogP contribution in [0.15, 0.2) is 0 Å². The number of carboxylic acid groups (broad SMARTS) is 1. The van der Waals surface area contributed by atoms with E-state index in [-0.39, 0.29) is 56.6 Å². The third kappa shape index (κ3) is 22.5. The SMILES string of the molecule is O=C([O-])CNP(=O)([O-])[O-].[Li+].[Li+].[Li+]. The maximum Gasteiger partial charge on any atom is 1.00 e. The summed E-state index contributed by atoms with van der Waals surface area (Å²) in [4.78, 5) is 28.7. The normalized spacial score (nSPS) is 8.50. The Kier molecular flexibility index (Phi) is 20.3. The molecular weight excluding hydrogens is 170 g/mol. The molecule has 0 radical (unpaired) electrons. The Labute approximate surface area is 106 Å². The van der Waals surface area contributed by atoms with Crippen molar-refractivity contribution in [3.05, 3.63) is 0 Å². The number of carbonyl (C=O) groups is 1. The molecule has 0 fully saturated rings. The zero-order valence-corrected chi connectivity index (χ0v) is 8.09. The Hall–Kier alpha value is 1.37. The van der Waals surface area contributed by atoms with Crippen molar-refractivity contribution in [3.8, 4) is 0 Å². The van der Waals surface area contributed by atoms with Gasteiger partial charge in [0.15, 0.2) is 0 Å². The zero-order valence-electron chi connectivity index (χ0n) is 7.20. The zero-order chi connectivity index (χ0) is 7.49. The van der Waals surface area contributed by atoms with E-state index in [1.54, 1.807) is 0 Å². The van der Waals surface area contributed by atoms with Gasteiger partial charge in [0, 0.05) is 6.54 Å². The molecule has 0 aliphatic carbocycles. The van der Waals surface area contributed by atoms with Crippen LogP contribution in [0.2, 0.25) is 0 Å². The van der Waals surface area contributed by atoms with E-state index in [0.29, 0.717) is 0 Å². The van der Waals surface area contributed by atoms with Crippen LogP contribution >= 0.6 is 7.75 Å². The quantitative estimate of drug-likeness (QED) is 0.334. The van der Waals surface area contributed by atoms with E-state index >= 15 is 0 Å². The number of hydrogen-bond acceptors (Lipinski definition) is 5. The van der Waals surface area contributed by atoms with Crippen LogP contribution in [0.25, 0.3) is 0 Å². The molecule has 0 saturated carbocycles. The van der Waals surface area contributed by atoms with Crippen LogP contribution < -0.4 is 76.6 Å². The summed E-state index contributed by atoms with van der Waals surface area (Å²) < 4.78 is 9.61. The van der Waals surface area contributed by atoms with E-state index in [1.165, 1.54) is 5.09 Å². The fourth-order valence-corrected chi connectivity index (χ4v) is 0.484. The second kappa shape index (κ2) is 10.5. The Morgan fingerprint density at radius 2 is 1.58 bits per heavy atom. The molecule has 0 atom stereocenters. The van der Waals surface area contributed by atoms with Gasteiger partial charge in [0.1, 0.15) is 0 Å². The second-order valence-corrected chi connectivity index (χ2v) is 2.52. The van der Waals surface area contributed by atoms with E-state index in [9.17, 15) is 24.3 Å². The number of carboxylic acids is 1. The Bertz CT molecular complexity index is 159. The van der Waals surface area contributed by atoms with E-state index in [2.05, 4.69) is 0 Å². The Morgan fingerprint density at radius 1 is 1.25 bits per heavy atom. The molecule has 0 saturated heterocycles. The molecule has 0 amide bonds. The van der Waals surface area contributed by atoms with Crippen molar-refractivity contribution in [2.45, 2.75) is 0 Å². The van der Waals surface area contributed by atoms with Crippen LogP contribution in [-0.4, -0.2) is 12.5 Å². The Balaban J connectivity index is -0.000000107. The van der Waals surface area contributed by atoms with E-state index in [0.717, 1.165) is 0 Å². The van der Waals surface area contributed by atoms with Crippen molar-refractivity contribution in [1.82, 2.24) is 5.09 Å². The van der Waals surface area contributed by atoms with Gasteiger partial charge in [-0.2, -0.15) is 0 Å². The van der Waals surface area contributed by atoms with Gasteiger partial charge in [0.05, 0.1) is 5.97 Å². The number of hydrogen-bond donors (Lipinski definition) is 1. The molecule has 0 aliphatic rings. The molecule has 10 heteroatoms. The average molecular weight is 173 g/mol. The summed E-state index contributed by atoms with van der Waals surface area (Å²) in [6.07, 6.45) is 0. The van der Waals surface area contributed by atoms with Crippen LogP contribution in [0, 0.1) is 0 Å². The van der Waals surface area contributed by atoms with Gasteiger partial charge in [-0.25, -0.2) is 0 Å². The monoisotopic (exact) mass is 173 g/mol. The van der Waals surface area contributed by atoms with E-state index in [4.69, 9.17) is 0 Å². The maximum atomic E-state index is 9.61. The second-order valence-electron chi connectivity index (χ2n) is 1.20. The van der Waals surface area contributed by atoms with Crippen molar-refractivity contribution in [1.29, 1.82) is 0 Å². The van der Waals surface area contributed by atoms with Gasteiger partial charge in [-0.15, -0.1) is 0 Å². The smallest absolute Gasteiger partial charge is 0.799 e. The molecule has 0 unspecified atom stereocenters. The first-order chi connectivity index (χ1) is 3.92. The van der Waals surface area contributed by atoms with Gasteiger partial charge < -0.3 is 24.3 Å². The molecule has 0 aromatic rings. The van der Waals surface area contributed by atoms with Crippen molar-refractivity contribution >= 4 is 13.7 Å². The minimum atomic E-state index is -4.89. The van der Waals surface area contributed by atoms with Gasteiger partial charge in [-0.3, -0.25) is 5.09 Å². The molecule has 0 aliphatic heterocycles. The van der Waals surface area contributed by atoms with Crippen molar-refractivity contribution in [3.63, 3.8) is 0 Å². The Morgan fingerprint density at radius 3 is 1.67 bits per heavy atom.